The molecule has 0 unspecified atom stereocenters. The van der Waals surface area contributed by atoms with E-state index < -0.39 is 0 Å². The zero-order valence-electron chi connectivity index (χ0n) is 14.2. The maximum absolute atomic E-state index is 14.2. The molecule has 0 spiro atoms. The largest absolute Gasteiger partial charge is 0.496 e. The number of amides is 1. The average molecular weight is 351 g/mol. The normalized spacial score (nSPS) is 10.8. The Balaban J connectivity index is 1.61. The van der Waals surface area contributed by atoms with Gasteiger partial charge >= 0.3 is 0 Å². The molecule has 26 heavy (non-hydrogen) atoms. The number of ether oxygens (including phenoxy) is 1. The summed E-state index contributed by atoms with van der Waals surface area (Å²) in [6.45, 7) is 0.232. The predicted octanol–water partition coefficient (Wildman–Crippen LogP) is 3.35. The van der Waals surface area contributed by atoms with Crippen LogP contribution in [0, 0.1) is 5.82 Å². The molecule has 2 aromatic carbocycles. The third-order valence-corrected chi connectivity index (χ3v) is 3.81. The summed E-state index contributed by atoms with van der Waals surface area (Å²) in [4.78, 5) is 15.9. The highest BCUT2D eigenvalue weighted by Crippen LogP contribution is 2.18. The molecule has 1 N–H and O–H groups in total. The van der Waals surface area contributed by atoms with E-state index >= 15 is 0 Å². The monoisotopic (exact) mass is 351 g/mol. The third kappa shape index (κ3) is 4.16. The fourth-order valence-electron chi connectivity index (χ4n) is 2.49. The van der Waals surface area contributed by atoms with Gasteiger partial charge in [0.25, 0.3) is 0 Å². The molecule has 0 saturated heterocycles. The van der Waals surface area contributed by atoms with Crippen molar-refractivity contribution in [2.45, 2.75) is 6.54 Å². The zero-order chi connectivity index (χ0) is 18.4. The Morgan fingerprint density at radius 1 is 1.31 bits per heavy atom. The predicted molar refractivity (Wildman–Crippen MR) is 97.4 cm³/mol. The molecule has 0 bridgehead atoms. The van der Waals surface area contributed by atoms with Gasteiger partial charge < -0.3 is 14.6 Å². The number of benzene rings is 2. The van der Waals surface area contributed by atoms with Crippen LogP contribution in [0.1, 0.15) is 11.1 Å². The lowest BCUT2D eigenvalue weighted by Crippen LogP contribution is -2.20. The van der Waals surface area contributed by atoms with E-state index in [1.165, 1.54) is 18.5 Å². The summed E-state index contributed by atoms with van der Waals surface area (Å²) < 4.78 is 21.0. The molecule has 0 aliphatic carbocycles. The van der Waals surface area contributed by atoms with E-state index in [0.29, 0.717) is 17.0 Å². The van der Waals surface area contributed by atoms with Crippen molar-refractivity contribution in [2.75, 3.05) is 7.11 Å². The molecular weight excluding hydrogens is 333 g/mol. The van der Waals surface area contributed by atoms with Gasteiger partial charge in [0, 0.05) is 30.6 Å². The van der Waals surface area contributed by atoms with E-state index in [4.69, 9.17) is 4.74 Å². The van der Waals surface area contributed by atoms with Crippen LogP contribution in [0.15, 0.2) is 67.3 Å². The highest BCUT2D eigenvalue weighted by Gasteiger charge is 2.06. The van der Waals surface area contributed by atoms with Gasteiger partial charge in [0.2, 0.25) is 5.91 Å². The number of halogens is 1. The topological polar surface area (TPSA) is 56.1 Å². The van der Waals surface area contributed by atoms with Crippen molar-refractivity contribution in [1.82, 2.24) is 14.9 Å². The van der Waals surface area contributed by atoms with Gasteiger partial charge in [-0.1, -0.05) is 24.3 Å². The van der Waals surface area contributed by atoms with E-state index in [9.17, 15) is 9.18 Å². The second-order valence-corrected chi connectivity index (χ2v) is 5.55. The van der Waals surface area contributed by atoms with Crippen LogP contribution in [-0.4, -0.2) is 22.6 Å². The Kier molecular flexibility index (Phi) is 5.43. The average Bonchev–Trinajstić information content (AvgIpc) is 3.19. The number of para-hydroxylation sites is 1. The molecule has 0 saturated carbocycles. The van der Waals surface area contributed by atoms with Crippen molar-refractivity contribution in [3.63, 3.8) is 0 Å². The van der Waals surface area contributed by atoms with Gasteiger partial charge in [0.05, 0.1) is 19.1 Å². The summed E-state index contributed by atoms with van der Waals surface area (Å²) in [5, 5.41) is 2.74. The Morgan fingerprint density at radius 3 is 2.88 bits per heavy atom. The van der Waals surface area contributed by atoms with E-state index in [2.05, 4.69) is 10.3 Å². The molecule has 1 heterocycles. The summed E-state index contributed by atoms with van der Waals surface area (Å²) in [5.74, 6) is 0.0445. The van der Waals surface area contributed by atoms with Crippen molar-refractivity contribution < 1.29 is 13.9 Å². The molecule has 0 radical (unpaired) electrons. The summed E-state index contributed by atoms with van der Waals surface area (Å²) in [5.41, 5.74) is 1.89. The number of methoxy groups -OCH3 is 1. The van der Waals surface area contributed by atoms with Crippen LogP contribution in [0.3, 0.4) is 0 Å². The van der Waals surface area contributed by atoms with E-state index in [1.807, 2.05) is 24.3 Å². The second-order valence-electron chi connectivity index (χ2n) is 5.55. The van der Waals surface area contributed by atoms with Gasteiger partial charge in [-0.3, -0.25) is 4.79 Å². The number of imidazole rings is 1. The molecule has 0 fully saturated rings. The fourth-order valence-corrected chi connectivity index (χ4v) is 2.49. The number of carbonyl (C=O) groups is 1. The minimum absolute atomic E-state index is 0.232. The molecule has 6 heteroatoms. The first-order valence-electron chi connectivity index (χ1n) is 8.03. The van der Waals surface area contributed by atoms with Crippen LogP contribution >= 0.6 is 0 Å². The summed E-state index contributed by atoms with van der Waals surface area (Å²) in [6, 6.07) is 12.2. The summed E-state index contributed by atoms with van der Waals surface area (Å²) in [7, 11) is 1.58. The number of nitrogens with zero attached hydrogens (tertiary/aromatic N) is 2. The number of nitrogens with one attached hydrogen (secondary N) is 1. The van der Waals surface area contributed by atoms with Gasteiger partial charge in [0.15, 0.2) is 0 Å². The zero-order valence-corrected chi connectivity index (χ0v) is 14.2. The van der Waals surface area contributed by atoms with Gasteiger partial charge in [-0.2, -0.15) is 0 Å². The van der Waals surface area contributed by atoms with Crippen LogP contribution in [0.25, 0.3) is 11.8 Å². The Bertz CT molecular complexity index is 921. The first kappa shape index (κ1) is 17.4. The molecule has 132 valence electrons. The van der Waals surface area contributed by atoms with Crippen LogP contribution in [0.4, 0.5) is 4.39 Å². The maximum Gasteiger partial charge on any atom is 0.244 e. The van der Waals surface area contributed by atoms with E-state index in [-0.39, 0.29) is 18.3 Å². The SMILES string of the molecule is COc1ccccc1C=CC(=O)NCc1ccc(-n2ccnc2)c(F)c1. The smallest absolute Gasteiger partial charge is 0.244 e. The maximum atomic E-state index is 14.2. The Labute approximate surface area is 150 Å². The third-order valence-electron chi connectivity index (χ3n) is 3.81. The van der Waals surface area contributed by atoms with Gasteiger partial charge in [-0.25, -0.2) is 9.37 Å². The lowest BCUT2D eigenvalue weighted by molar-refractivity contribution is -0.116. The van der Waals surface area contributed by atoms with Crippen LogP contribution in [0.2, 0.25) is 0 Å². The molecule has 1 aromatic heterocycles. The van der Waals surface area contributed by atoms with Crippen molar-refractivity contribution in [3.05, 3.63) is 84.2 Å². The molecule has 1 amide bonds. The number of aromatic nitrogens is 2. The van der Waals surface area contributed by atoms with Crippen molar-refractivity contribution in [3.8, 4) is 11.4 Å². The van der Waals surface area contributed by atoms with Gasteiger partial charge in [-0.05, 0) is 29.8 Å². The quantitative estimate of drug-likeness (QED) is 0.693. The molecule has 3 aromatic rings. The van der Waals surface area contributed by atoms with Crippen molar-refractivity contribution >= 4 is 12.0 Å². The lowest BCUT2D eigenvalue weighted by atomic mass is 10.1. The molecule has 3 rings (SSSR count). The number of carbonyl (C=O) groups excluding carboxylic acids is 1. The summed E-state index contributed by atoms with van der Waals surface area (Å²) >= 11 is 0. The standard InChI is InChI=1S/C20H18FN3O2/c1-26-19-5-3-2-4-16(19)7-9-20(25)23-13-15-6-8-18(17(21)12-15)24-11-10-22-14-24/h2-12,14H,13H2,1H3,(H,23,25). The molecule has 0 atom stereocenters. The minimum atomic E-state index is -0.376. The first-order valence-corrected chi connectivity index (χ1v) is 8.03. The first-order chi connectivity index (χ1) is 12.7. The Morgan fingerprint density at radius 2 is 2.15 bits per heavy atom. The van der Waals surface area contributed by atoms with E-state index in [1.54, 1.807) is 42.3 Å². The molecular formula is C20H18FN3O2. The van der Waals surface area contributed by atoms with Crippen molar-refractivity contribution in [2.24, 2.45) is 0 Å². The second kappa shape index (κ2) is 8.11. The van der Waals surface area contributed by atoms with Crippen LogP contribution in [-0.2, 0) is 11.3 Å². The number of hydrogen-bond donors (Lipinski definition) is 1. The van der Waals surface area contributed by atoms with Crippen molar-refractivity contribution in [1.29, 1.82) is 0 Å². The number of hydrogen-bond acceptors (Lipinski definition) is 3. The Hall–Kier alpha value is -3.41. The van der Waals surface area contributed by atoms with Crippen LogP contribution in [0.5, 0.6) is 5.75 Å². The lowest BCUT2D eigenvalue weighted by Gasteiger charge is -2.07. The fraction of sp³-hybridized carbons (Fsp3) is 0.100. The molecule has 0 aliphatic rings. The minimum Gasteiger partial charge on any atom is -0.496 e. The van der Waals surface area contributed by atoms with Crippen LogP contribution < -0.4 is 10.1 Å². The number of rotatable bonds is 6. The highest BCUT2D eigenvalue weighted by atomic mass is 19.1. The summed E-state index contributed by atoms with van der Waals surface area (Å²) in [6.07, 6.45) is 7.89. The van der Waals surface area contributed by atoms with Gasteiger partial charge in [0.1, 0.15) is 11.6 Å². The van der Waals surface area contributed by atoms with Gasteiger partial charge in [-0.15, -0.1) is 0 Å². The molecule has 5 nitrogen and oxygen atoms in total. The van der Waals surface area contributed by atoms with E-state index in [0.717, 1.165) is 5.56 Å². The highest BCUT2D eigenvalue weighted by molar-refractivity contribution is 5.92. The molecule has 0 aliphatic heterocycles.